The van der Waals surface area contributed by atoms with Crippen molar-refractivity contribution in [2.45, 2.75) is 110 Å². The van der Waals surface area contributed by atoms with E-state index >= 15 is 0 Å². The Morgan fingerprint density at radius 3 is 1.86 bits per heavy atom. The SMILES string of the molecule is CCCCCCCCc1ccc(OC(CCCCCCCC)C(=O)[O-])cc1.[Na+]. The summed E-state index contributed by atoms with van der Waals surface area (Å²) in [6, 6.07) is 7.89. The fraction of sp³-hybridized carbons (Fsp3) is 0.708. The molecular weight excluding hydrogens is 359 g/mol. The normalized spacial score (nSPS) is 11.6. The predicted molar refractivity (Wildman–Crippen MR) is 111 cm³/mol. The van der Waals surface area contributed by atoms with E-state index in [9.17, 15) is 9.90 Å². The molecule has 0 aliphatic carbocycles. The van der Waals surface area contributed by atoms with Crippen LogP contribution in [0.2, 0.25) is 0 Å². The Kier molecular flexibility index (Phi) is 18.2. The van der Waals surface area contributed by atoms with E-state index in [1.165, 1.54) is 69.8 Å². The van der Waals surface area contributed by atoms with Gasteiger partial charge in [0.05, 0.1) is 5.97 Å². The summed E-state index contributed by atoms with van der Waals surface area (Å²) in [5.74, 6) is -0.485. The molecule has 1 rings (SSSR count). The minimum absolute atomic E-state index is 0. The second-order valence-corrected chi connectivity index (χ2v) is 7.64. The van der Waals surface area contributed by atoms with Crippen molar-refractivity contribution >= 4 is 5.97 Å². The van der Waals surface area contributed by atoms with Gasteiger partial charge in [-0.2, -0.15) is 0 Å². The maximum absolute atomic E-state index is 11.4. The molecule has 1 atom stereocenters. The second-order valence-electron chi connectivity index (χ2n) is 7.64. The molecule has 0 radical (unpaired) electrons. The third-order valence-corrected chi connectivity index (χ3v) is 5.10. The quantitative estimate of drug-likeness (QED) is 0.299. The number of ether oxygens (including phenoxy) is 1. The number of hydrogen-bond acceptors (Lipinski definition) is 3. The van der Waals surface area contributed by atoms with Gasteiger partial charge in [-0.3, -0.25) is 0 Å². The number of hydrogen-bond donors (Lipinski definition) is 0. The van der Waals surface area contributed by atoms with Crippen molar-refractivity contribution in [2.75, 3.05) is 0 Å². The summed E-state index contributed by atoms with van der Waals surface area (Å²) < 4.78 is 5.67. The summed E-state index contributed by atoms with van der Waals surface area (Å²) >= 11 is 0. The van der Waals surface area contributed by atoms with Gasteiger partial charge in [0.1, 0.15) is 11.9 Å². The zero-order chi connectivity index (χ0) is 19.7. The van der Waals surface area contributed by atoms with Crippen molar-refractivity contribution in [3.63, 3.8) is 0 Å². The van der Waals surface area contributed by atoms with Crippen LogP contribution in [0.15, 0.2) is 24.3 Å². The van der Waals surface area contributed by atoms with Gasteiger partial charge in [0.15, 0.2) is 0 Å². The zero-order valence-corrected chi connectivity index (χ0v) is 20.5. The molecule has 0 N–H and O–H groups in total. The Balaban J connectivity index is 0.00000729. The van der Waals surface area contributed by atoms with Crippen LogP contribution in [0.25, 0.3) is 0 Å². The largest absolute Gasteiger partial charge is 1.00 e. The van der Waals surface area contributed by atoms with E-state index < -0.39 is 12.1 Å². The molecule has 0 fully saturated rings. The number of aryl methyl sites for hydroxylation is 1. The van der Waals surface area contributed by atoms with E-state index in [-0.39, 0.29) is 29.6 Å². The van der Waals surface area contributed by atoms with Gasteiger partial charge in [0.2, 0.25) is 0 Å². The minimum atomic E-state index is -1.11. The van der Waals surface area contributed by atoms with E-state index in [0.717, 1.165) is 19.3 Å². The maximum atomic E-state index is 11.4. The number of benzene rings is 1. The summed E-state index contributed by atoms with van der Waals surface area (Å²) in [7, 11) is 0. The molecule has 0 saturated heterocycles. The van der Waals surface area contributed by atoms with Crippen LogP contribution >= 0.6 is 0 Å². The van der Waals surface area contributed by atoms with Crippen molar-refractivity contribution in [3.05, 3.63) is 29.8 Å². The van der Waals surface area contributed by atoms with Gasteiger partial charge in [-0.1, -0.05) is 90.2 Å². The third-order valence-electron chi connectivity index (χ3n) is 5.10. The molecule has 3 nitrogen and oxygen atoms in total. The first-order chi connectivity index (χ1) is 13.2. The maximum Gasteiger partial charge on any atom is 1.00 e. The molecule has 1 aromatic carbocycles. The molecule has 1 unspecified atom stereocenters. The van der Waals surface area contributed by atoms with Crippen LogP contribution in [0.1, 0.15) is 103 Å². The fourth-order valence-corrected chi connectivity index (χ4v) is 3.34. The molecule has 4 heteroatoms. The van der Waals surface area contributed by atoms with Crippen LogP contribution in [0.4, 0.5) is 0 Å². The topological polar surface area (TPSA) is 49.4 Å². The number of carboxylic acid groups (broad SMARTS) is 1. The van der Waals surface area contributed by atoms with Crippen LogP contribution in [0.3, 0.4) is 0 Å². The molecule has 0 aliphatic rings. The summed E-state index contributed by atoms with van der Waals surface area (Å²) in [4.78, 5) is 11.4. The fourth-order valence-electron chi connectivity index (χ4n) is 3.34. The van der Waals surface area contributed by atoms with Gasteiger partial charge in [0, 0.05) is 0 Å². The summed E-state index contributed by atoms with van der Waals surface area (Å²) in [5.41, 5.74) is 1.29. The number of rotatable bonds is 17. The first-order valence-electron chi connectivity index (χ1n) is 11.1. The number of carboxylic acids is 1. The first-order valence-corrected chi connectivity index (χ1v) is 11.1. The van der Waals surface area contributed by atoms with E-state index in [0.29, 0.717) is 12.2 Å². The molecule has 0 spiro atoms. The van der Waals surface area contributed by atoms with Gasteiger partial charge in [-0.15, -0.1) is 0 Å². The molecule has 28 heavy (non-hydrogen) atoms. The average Bonchev–Trinajstić information content (AvgIpc) is 2.67. The van der Waals surface area contributed by atoms with Crippen molar-refractivity contribution in [1.29, 1.82) is 0 Å². The predicted octanol–water partition coefficient (Wildman–Crippen LogP) is 2.84. The molecule has 0 heterocycles. The van der Waals surface area contributed by atoms with Gasteiger partial charge in [0.25, 0.3) is 0 Å². The Bertz CT molecular complexity index is 487. The van der Waals surface area contributed by atoms with Crippen molar-refractivity contribution in [1.82, 2.24) is 0 Å². The monoisotopic (exact) mass is 398 g/mol. The smallest absolute Gasteiger partial charge is 0.546 e. The average molecular weight is 399 g/mol. The molecule has 0 aliphatic heterocycles. The van der Waals surface area contributed by atoms with Gasteiger partial charge in [-0.05, 0) is 43.4 Å². The van der Waals surface area contributed by atoms with Crippen molar-refractivity contribution in [3.8, 4) is 5.75 Å². The molecule has 0 saturated carbocycles. The molecule has 0 aromatic heterocycles. The van der Waals surface area contributed by atoms with E-state index in [4.69, 9.17) is 4.74 Å². The van der Waals surface area contributed by atoms with E-state index in [1.807, 2.05) is 12.1 Å². The molecular formula is C24H39NaO3. The van der Waals surface area contributed by atoms with Crippen LogP contribution in [-0.4, -0.2) is 12.1 Å². The van der Waals surface area contributed by atoms with Gasteiger partial charge >= 0.3 is 29.6 Å². The molecule has 1 aromatic rings. The van der Waals surface area contributed by atoms with Crippen LogP contribution in [0.5, 0.6) is 5.75 Å². The van der Waals surface area contributed by atoms with Crippen LogP contribution < -0.4 is 39.4 Å². The van der Waals surface area contributed by atoms with E-state index in [2.05, 4.69) is 26.0 Å². The van der Waals surface area contributed by atoms with E-state index in [1.54, 1.807) is 0 Å². The van der Waals surface area contributed by atoms with Crippen LogP contribution in [-0.2, 0) is 11.2 Å². The Hall–Kier alpha value is -0.510. The Labute approximate surface area is 194 Å². The van der Waals surface area contributed by atoms with Crippen molar-refractivity contribution < 1.29 is 44.2 Å². The second kappa shape index (κ2) is 18.5. The number of aliphatic carboxylic acids is 1. The number of carbonyl (C=O) groups excluding carboxylic acids is 1. The van der Waals surface area contributed by atoms with Crippen molar-refractivity contribution in [2.24, 2.45) is 0 Å². The molecule has 0 bridgehead atoms. The molecule has 154 valence electrons. The zero-order valence-electron chi connectivity index (χ0n) is 18.5. The minimum Gasteiger partial charge on any atom is -0.546 e. The van der Waals surface area contributed by atoms with Crippen LogP contribution in [0, 0.1) is 0 Å². The summed E-state index contributed by atoms with van der Waals surface area (Å²) in [6.45, 7) is 4.43. The molecule has 0 amide bonds. The number of carbonyl (C=O) groups is 1. The summed E-state index contributed by atoms with van der Waals surface area (Å²) in [5, 5.41) is 11.4. The summed E-state index contributed by atoms with van der Waals surface area (Å²) in [6.07, 6.45) is 15.3. The Morgan fingerprint density at radius 1 is 0.821 bits per heavy atom. The third kappa shape index (κ3) is 13.6. The Morgan fingerprint density at radius 2 is 1.32 bits per heavy atom. The van der Waals surface area contributed by atoms with Gasteiger partial charge in [-0.25, -0.2) is 0 Å². The standard InChI is InChI=1S/C24H40O3.Na/c1-3-5-7-9-11-13-15-21-17-19-22(20-18-21)27-23(24(25)26)16-14-12-10-8-6-4-2;/h17-20,23H,3-16H2,1-2H3,(H,25,26);/q;+1/p-1. The number of unbranched alkanes of at least 4 members (excludes halogenated alkanes) is 10. The van der Waals surface area contributed by atoms with Gasteiger partial charge < -0.3 is 14.6 Å². The first kappa shape index (κ1) is 27.5.